The van der Waals surface area contributed by atoms with Gasteiger partial charge in [-0.15, -0.1) is 46.7 Å². The maximum absolute atomic E-state index is 4.73. The van der Waals surface area contributed by atoms with E-state index in [1.807, 2.05) is 11.3 Å². The molecule has 3 rings (SSSR count). The first-order chi connectivity index (χ1) is 13.1. The van der Waals surface area contributed by atoms with E-state index in [2.05, 4.69) is 65.0 Å². The zero-order valence-corrected chi connectivity index (χ0v) is 21.2. The molecule has 0 bridgehead atoms. The molecule has 5 nitrogen and oxygen atoms in total. The van der Waals surface area contributed by atoms with Crippen LogP contribution in [0.4, 0.5) is 0 Å². The Morgan fingerprint density at radius 3 is 2.82 bits per heavy atom. The van der Waals surface area contributed by atoms with Crippen LogP contribution in [0.3, 0.4) is 0 Å². The van der Waals surface area contributed by atoms with Crippen LogP contribution in [0.15, 0.2) is 21.8 Å². The van der Waals surface area contributed by atoms with Gasteiger partial charge in [0, 0.05) is 42.5 Å². The number of aliphatic imine (C=N–C) groups is 1. The van der Waals surface area contributed by atoms with Crippen molar-refractivity contribution >= 4 is 52.6 Å². The van der Waals surface area contributed by atoms with E-state index in [1.54, 1.807) is 16.2 Å². The summed E-state index contributed by atoms with van der Waals surface area (Å²) in [5.41, 5.74) is 2.66. The highest BCUT2D eigenvalue weighted by Crippen LogP contribution is 2.25. The minimum absolute atomic E-state index is 0. The van der Waals surface area contributed by atoms with Crippen molar-refractivity contribution in [1.29, 1.82) is 0 Å². The maximum atomic E-state index is 4.73. The van der Waals surface area contributed by atoms with Crippen LogP contribution in [-0.4, -0.2) is 41.5 Å². The summed E-state index contributed by atoms with van der Waals surface area (Å²) in [5.74, 6) is 1.35. The van der Waals surface area contributed by atoms with Crippen LogP contribution in [0, 0.1) is 0 Å². The molecule has 0 aromatic carbocycles. The van der Waals surface area contributed by atoms with E-state index in [1.165, 1.54) is 12.0 Å². The van der Waals surface area contributed by atoms with Gasteiger partial charge in [0.1, 0.15) is 5.01 Å². The predicted octanol–water partition coefficient (Wildman–Crippen LogP) is 4.45. The number of rotatable bonds is 7. The van der Waals surface area contributed by atoms with Crippen molar-refractivity contribution in [2.45, 2.75) is 59.2 Å². The standard InChI is InChI=1S/C20H31N5S2.HI/c1-5-21-20(23-11-19-24-17(13-27-19)14(2)3)22-10-15(4)25-8-6-18-16(12-25)7-9-26-18;/h7,9,13-15H,5-6,8,10-12H2,1-4H3,(H2,21,22,23);1H. The molecule has 1 unspecified atom stereocenters. The minimum Gasteiger partial charge on any atom is -0.357 e. The Labute approximate surface area is 194 Å². The third-order valence-electron chi connectivity index (χ3n) is 4.90. The average molecular weight is 534 g/mol. The highest BCUT2D eigenvalue weighted by Gasteiger charge is 2.21. The number of thiazole rings is 1. The van der Waals surface area contributed by atoms with Crippen LogP contribution in [0.2, 0.25) is 0 Å². The Bertz CT molecular complexity index is 755. The van der Waals surface area contributed by atoms with Crippen molar-refractivity contribution in [3.8, 4) is 0 Å². The quantitative estimate of drug-likeness (QED) is 0.314. The average Bonchev–Trinajstić information content (AvgIpc) is 3.32. The molecule has 2 aromatic rings. The van der Waals surface area contributed by atoms with Gasteiger partial charge in [0.2, 0.25) is 0 Å². The van der Waals surface area contributed by atoms with E-state index in [9.17, 15) is 0 Å². The second-order valence-electron chi connectivity index (χ2n) is 7.34. The van der Waals surface area contributed by atoms with E-state index >= 15 is 0 Å². The normalized spacial score (nSPS) is 15.8. The van der Waals surface area contributed by atoms with Gasteiger partial charge in [0.15, 0.2) is 5.96 Å². The zero-order valence-electron chi connectivity index (χ0n) is 17.2. The van der Waals surface area contributed by atoms with Gasteiger partial charge in [-0.2, -0.15) is 0 Å². The Kier molecular flexibility index (Phi) is 9.65. The molecule has 0 aliphatic carbocycles. The summed E-state index contributed by atoms with van der Waals surface area (Å²) in [5, 5.41) is 12.3. The van der Waals surface area contributed by atoms with Crippen LogP contribution >= 0.6 is 46.7 Å². The van der Waals surface area contributed by atoms with Crippen molar-refractivity contribution in [3.05, 3.63) is 38.0 Å². The second-order valence-corrected chi connectivity index (χ2v) is 9.28. The van der Waals surface area contributed by atoms with Crippen LogP contribution in [0.1, 0.15) is 54.8 Å². The molecule has 2 N–H and O–H groups in total. The molecule has 28 heavy (non-hydrogen) atoms. The summed E-state index contributed by atoms with van der Waals surface area (Å²) in [6.45, 7) is 13.3. The molecule has 0 saturated carbocycles. The summed E-state index contributed by atoms with van der Waals surface area (Å²) >= 11 is 3.59. The Morgan fingerprint density at radius 2 is 2.11 bits per heavy atom. The lowest BCUT2D eigenvalue weighted by Crippen LogP contribution is -2.47. The molecule has 1 atom stereocenters. The van der Waals surface area contributed by atoms with Crippen LogP contribution < -0.4 is 10.6 Å². The van der Waals surface area contributed by atoms with Gasteiger partial charge < -0.3 is 10.6 Å². The molecule has 0 fully saturated rings. The molecular weight excluding hydrogens is 501 g/mol. The van der Waals surface area contributed by atoms with Gasteiger partial charge in [0.25, 0.3) is 0 Å². The Balaban J connectivity index is 0.00000280. The number of nitrogens with one attached hydrogen (secondary N) is 2. The van der Waals surface area contributed by atoms with Gasteiger partial charge in [-0.25, -0.2) is 9.98 Å². The number of aromatic nitrogens is 1. The monoisotopic (exact) mass is 533 g/mol. The molecule has 0 saturated heterocycles. The largest absolute Gasteiger partial charge is 0.357 e. The SMILES string of the molecule is CCNC(=NCc1nc(C(C)C)cs1)NCC(C)N1CCc2sccc2C1.I. The van der Waals surface area contributed by atoms with Gasteiger partial charge in [-0.3, -0.25) is 4.90 Å². The van der Waals surface area contributed by atoms with Gasteiger partial charge in [-0.05, 0) is 43.2 Å². The third kappa shape index (κ3) is 6.40. The fourth-order valence-electron chi connectivity index (χ4n) is 3.17. The topological polar surface area (TPSA) is 52.6 Å². The molecule has 2 aromatic heterocycles. The number of guanidine groups is 1. The lowest BCUT2D eigenvalue weighted by molar-refractivity contribution is 0.192. The molecule has 0 radical (unpaired) electrons. The van der Waals surface area contributed by atoms with Gasteiger partial charge in [0.05, 0.1) is 12.2 Å². The van der Waals surface area contributed by atoms with Crippen molar-refractivity contribution in [1.82, 2.24) is 20.5 Å². The van der Waals surface area contributed by atoms with E-state index in [4.69, 9.17) is 4.99 Å². The highest BCUT2D eigenvalue weighted by molar-refractivity contribution is 14.0. The smallest absolute Gasteiger partial charge is 0.191 e. The first kappa shape index (κ1) is 23.6. The summed E-state index contributed by atoms with van der Waals surface area (Å²) in [4.78, 5) is 13.5. The van der Waals surface area contributed by atoms with E-state index in [-0.39, 0.29) is 24.0 Å². The van der Waals surface area contributed by atoms with Crippen molar-refractivity contribution in [3.63, 3.8) is 0 Å². The Hall–Kier alpha value is -0.710. The van der Waals surface area contributed by atoms with E-state index in [0.29, 0.717) is 18.5 Å². The number of thiophene rings is 1. The fraction of sp³-hybridized carbons (Fsp3) is 0.600. The molecule has 0 spiro atoms. The first-order valence-electron chi connectivity index (χ1n) is 9.82. The van der Waals surface area contributed by atoms with E-state index in [0.717, 1.165) is 42.8 Å². The second kappa shape index (κ2) is 11.5. The lowest BCUT2D eigenvalue weighted by Gasteiger charge is -2.32. The molecule has 0 amide bonds. The van der Waals surface area contributed by atoms with Crippen molar-refractivity contribution in [2.75, 3.05) is 19.6 Å². The van der Waals surface area contributed by atoms with Gasteiger partial charge >= 0.3 is 0 Å². The van der Waals surface area contributed by atoms with Crippen molar-refractivity contribution in [2.24, 2.45) is 4.99 Å². The lowest BCUT2D eigenvalue weighted by atomic mass is 10.1. The summed E-state index contributed by atoms with van der Waals surface area (Å²) in [6.07, 6.45) is 1.17. The number of halogens is 1. The molecule has 3 heterocycles. The summed E-state index contributed by atoms with van der Waals surface area (Å²) < 4.78 is 0. The molecule has 8 heteroatoms. The first-order valence-corrected chi connectivity index (χ1v) is 11.6. The number of nitrogens with zero attached hydrogens (tertiary/aromatic N) is 3. The minimum atomic E-state index is 0. The van der Waals surface area contributed by atoms with Crippen LogP contribution in [0.25, 0.3) is 0 Å². The predicted molar refractivity (Wildman–Crippen MR) is 132 cm³/mol. The number of hydrogen-bond donors (Lipinski definition) is 2. The third-order valence-corrected chi connectivity index (χ3v) is 6.78. The Morgan fingerprint density at radius 1 is 1.29 bits per heavy atom. The fourth-order valence-corrected chi connectivity index (χ4v) is 4.94. The highest BCUT2D eigenvalue weighted by atomic mass is 127. The molecular formula is C20H32IN5S2. The number of fused-ring (bicyclic) bond motifs is 1. The summed E-state index contributed by atoms with van der Waals surface area (Å²) in [7, 11) is 0. The number of hydrogen-bond acceptors (Lipinski definition) is 5. The van der Waals surface area contributed by atoms with Gasteiger partial charge in [-0.1, -0.05) is 13.8 Å². The maximum Gasteiger partial charge on any atom is 0.191 e. The molecule has 1 aliphatic rings. The summed E-state index contributed by atoms with van der Waals surface area (Å²) in [6, 6.07) is 2.74. The molecule has 156 valence electrons. The van der Waals surface area contributed by atoms with E-state index < -0.39 is 0 Å². The van der Waals surface area contributed by atoms with Crippen LogP contribution in [0.5, 0.6) is 0 Å². The zero-order chi connectivity index (χ0) is 19.2. The van der Waals surface area contributed by atoms with Crippen molar-refractivity contribution < 1.29 is 0 Å². The van der Waals surface area contributed by atoms with Crippen LogP contribution in [-0.2, 0) is 19.5 Å². The molecule has 1 aliphatic heterocycles.